The number of rotatable bonds is 4. The zero-order chi connectivity index (χ0) is 13.7. The Morgan fingerprint density at radius 2 is 2.26 bits per heavy atom. The van der Waals surface area contributed by atoms with Gasteiger partial charge in [0.2, 0.25) is 0 Å². The van der Waals surface area contributed by atoms with Crippen molar-refractivity contribution in [2.45, 2.75) is 51.6 Å². The Labute approximate surface area is 119 Å². The summed E-state index contributed by atoms with van der Waals surface area (Å²) < 4.78 is 1.75. The van der Waals surface area contributed by atoms with Gasteiger partial charge in [0.25, 0.3) is 5.56 Å². The standard InChI is InChI=1S/C14H22ClN3O/c1-2-8-17-10-7-16-13(14(17)19)18-9-5-3-4-6-12(18)11-15/h7,10,12H,2-6,8-9,11H2,1H3. The molecule has 1 fully saturated rings. The minimum Gasteiger partial charge on any atom is -0.348 e. The van der Waals surface area contributed by atoms with Crippen LogP contribution < -0.4 is 10.5 Å². The number of aryl methyl sites for hydroxylation is 1. The van der Waals surface area contributed by atoms with Gasteiger partial charge in [-0.05, 0) is 19.3 Å². The van der Waals surface area contributed by atoms with E-state index < -0.39 is 0 Å². The van der Waals surface area contributed by atoms with E-state index in [2.05, 4.69) is 16.8 Å². The Kier molecular flexibility index (Phi) is 5.25. The Morgan fingerprint density at radius 1 is 1.42 bits per heavy atom. The quantitative estimate of drug-likeness (QED) is 0.798. The summed E-state index contributed by atoms with van der Waals surface area (Å²) in [6, 6.07) is 0.238. The van der Waals surface area contributed by atoms with Crippen LogP contribution in [0.25, 0.3) is 0 Å². The van der Waals surface area contributed by atoms with E-state index in [9.17, 15) is 4.79 Å². The molecule has 1 atom stereocenters. The predicted molar refractivity (Wildman–Crippen MR) is 79.1 cm³/mol. The lowest BCUT2D eigenvalue weighted by Gasteiger charge is -2.29. The van der Waals surface area contributed by atoms with Crippen molar-refractivity contribution in [2.75, 3.05) is 17.3 Å². The molecule has 1 aromatic heterocycles. The van der Waals surface area contributed by atoms with Crippen LogP contribution >= 0.6 is 11.6 Å². The van der Waals surface area contributed by atoms with Crippen LogP contribution in [0, 0.1) is 0 Å². The summed E-state index contributed by atoms with van der Waals surface area (Å²) in [5.74, 6) is 1.13. The van der Waals surface area contributed by atoms with Crippen LogP contribution in [0.3, 0.4) is 0 Å². The second-order valence-corrected chi connectivity index (χ2v) is 5.41. The molecule has 1 unspecified atom stereocenters. The molecule has 1 aromatic rings. The molecule has 1 aliphatic heterocycles. The van der Waals surface area contributed by atoms with Crippen molar-refractivity contribution in [3.8, 4) is 0 Å². The average Bonchev–Trinajstić information content (AvgIpc) is 2.66. The minimum atomic E-state index is 0.0152. The van der Waals surface area contributed by atoms with Crippen molar-refractivity contribution in [2.24, 2.45) is 0 Å². The van der Waals surface area contributed by atoms with Crippen molar-refractivity contribution < 1.29 is 0 Å². The van der Waals surface area contributed by atoms with E-state index >= 15 is 0 Å². The van der Waals surface area contributed by atoms with Crippen molar-refractivity contribution in [1.29, 1.82) is 0 Å². The monoisotopic (exact) mass is 283 g/mol. The molecule has 0 spiro atoms. The number of halogens is 1. The number of alkyl halides is 1. The number of aromatic nitrogens is 2. The maximum Gasteiger partial charge on any atom is 0.293 e. The molecule has 0 aromatic carbocycles. The molecule has 0 amide bonds. The first-order valence-corrected chi connectivity index (χ1v) is 7.69. The maximum atomic E-state index is 12.4. The fraction of sp³-hybridized carbons (Fsp3) is 0.714. The smallest absolute Gasteiger partial charge is 0.293 e. The van der Waals surface area contributed by atoms with Gasteiger partial charge in [-0.15, -0.1) is 11.6 Å². The zero-order valence-corrected chi connectivity index (χ0v) is 12.3. The van der Waals surface area contributed by atoms with Crippen LogP contribution in [0.1, 0.15) is 39.0 Å². The molecule has 0 aliphatic carbocycles. The normalized spacial score (nSPS) is 20.3. The molecule has 2 heterocycles. The largest absolute Gasteiger partial charge is 0.348 e. The number of hydrogen-bond donors (Lipinski definition) is 0. The molecule has 5 heteroatoms. The zero-order valence-electron chi connectivity index (χ0n) is 11.5. The van der Waals surface area contributed by atoms with Gasteiger partial charge in [-0.25, -0.2) is 4.98 Å². The first kappa shape index (κ1) is 14.4. The third-order valence-corrected chi connectivity index (χ3v) is 4.04. The molecule has 0 saturated carbocycles. The maximum absolute atomic E-state index is 12.4. The van der Waals surface area contributed by atoms with E-state index in [4.69, 9.17) is 11.6 Å². The summed E-state index contributed by atoms with van der Waals surface area (Å²) in [4.78, 5) is 18.9. The molecule has 0 radical (unpaired) electrons. The van der Waals surface area contributed by atoms with Gasteiger partial charge in [0.05, 0.1) is 0 Å². The first-order valence-electron chi connectivity index (χ1n) is 7.16. The van der Waals surface area contributed by atoms with Crippen molar-refractivity contribution in [1.82, 2.24) is 9.55 Å². The summed E-state index contributed by atoms with van der Waals surface area (Å²) in [6.45, 7) is 3.70. The molecule has 2 rings (SSSR count). The van der Waals surface area contributed by atoms with Gasteiger partial charge in [0, 0.05) is 37.4 Å². The molecule has 0 N–H and O–H groups in total. The van der Waals surface area contributed by atoms with Gasteiger partial charge in [-0.2, -0.15) is 0 Å². The molecule has 1 saturated heterocycles. The predicted octanol–water partition coefficient (Wildman–Crippen LogP) is 2.64. The fourth-order valence-corrected chi connectivity index (χ4v) is 2.99. The Morgan fingerprint density at radius 3 is 3.00 bits per heavy atom. The highest BCUT2D eigenvalue weighted by Crippen LogP contribution is 2.21. The Hall–Kier alpha value is -1.03. The topological polar surface area (TPSA) is 38.1 Å². The third-order valence-electron chi connectivity index (χ3n) is 3.69. The molecule has 106 valence electrons. The van der Waals surface area contributed by atoms with Crippen LogP contribution in [0.5, 0.6) is 0 Å². The van der Waals surface area contributed by atoms with Crippen molar-refractivity contribution in [3.63, 3.8) is 0 Å². The van der Waals surface area contributed by atoms with Gasteiger partial charge in [0.1, 0.15) is 0 Å². The third kappa shape index (κ3) is 3.30. The van der Waals surface area contributed by atoms with Gasteiger partial charge in [0.15, 0.2) is 5.82 Å². The summed E-state index contributed by atoms with van der Waals surface area (Å²) in [7, 11) is 0. The summed E-state index contributed by atoms with van der Waals surface area (Å²) in [5.41, 5.74) is 0.0152. The Bertz CT molecular complexity index is 460. The lowest BCUT2D eigenvalue weighted by Crippen LogP contribution is -2.41. The molecule has 0 bridgehead atoms. The van der Waals surface area contributed by atoms with Crippen LogP contribution in [0.2, 0.25) is 0 Å². The second-order valence-electron chi connectivity index (χ2n) is 5.10. The van der Waals surface area contributed by atoms with Gasteiger partial charge in [-0.3, -0.25) is 4.79 Å². The minimum absolute atomic E-state index is 0.0152. The SMILES string of the molecule is CCCn1ccnc(N2CCCCCC2CCl)c1=O. The molecular formula is C14H22ClN3O. The van der Waals surface area contributed by atoms with E-state index in [0.29, 0.717) is 11.7 Å². The van der Waals surface area contributed by atoms with E-state index in [1.807, 2.05) is 0 Å². The highest BCUT2D eigenvalue weighted by atomic mass is 35.5. The van der Waals surface area contributed by atoms with Crippen LogP contribution in [0.15, 0.2) is 17.2 Å². The van der Waals surface area contributed by atoms with Crippen LogP contribution in [0.4, 0.5) is 5.82 Å². The van der Waals surface area contributed by atoms with Gasteiger partial charge >= 0.3 is 0 Å². The second kappa shape index (κ2) is 6.94. The van der Waals surface area contributed by atoms with Crippen LogP contribution in [-0.4, -0.2) is 28.0 Å². The summed E-state index contributed by atoms with van der Waals surface area (Å²) >= 11 is 6.07. The van der Waals surface area contributed by atoms with E-state index in [1.165, 1.54) is 12.8 Å². The highest BCUT2D eigenvalue weighted by molar-refractivity contribution is 6.18. The van der Waals surface area contributed by atoms with E-state index in [1.54, 1.807) is 17.0 Å². The average molecular weight is 284 g/mol. The lowest BCUT2D eigenvalue weighted by atomic mass is 10.1. The highest BCUT2D eigenvalue weighted by Gasteiger charge is 2.23. The summed E-state index contributed by atoms with van der Waals surface area (Å²) in [6.07, 6.45) is 8.99. The molecule has 19 heavy (non-hydrogen) atoms. The first-order chi connectivity index (χ1) is 9.27. The lowest BCUT2D eigenvalue weighted by molar-refractivity contribution is 0.598. The molecule has 4 nitrogen and oxygen atoms in total. The van der Waals surface area contributed by atoms with Gasteiger partial charge < -0.3 is 9.47 Å². The number of hydrogen-bond acceptors (Lipinski definition) is 3. The molecule has 1 aliphatic rings. The fourth-order valence-electron chi connectivity index (χ4n) is 2.67. The summed E-state index contributed by atoms with van der Waals surface area (Å²) in [5, 5.41) is 0. The van der Waals surface area contributed by atoms with Crippen molar-refractivity contribution in [3.05, 3.63) is 22.7 Å². The Balaban J connectivity index is 2.33. The van der Waals surface area contributed by atoms with Gasteiger partial charge in [-0.1, -0.05) is 19.8 Å². The van der Waals surface area contributed by atoms with Crippen LogP contribution in [-0.2, 0) is 6.54 Å². The number of nitrogens with zero attached hydrogens (tertiary/aromatic N) is 3. The molecular weight excluding hydrogens is 262 g/mol. The van der Waals surface area contributed by atoms with E-state index in [-0.39, 0.29) is 11.6 Å². The van der Waals surface area contributed by atoms with E-state index in [0.717, 1.165) is 32.4 Å². The van der Waals surface area contributed by atoms with Crippen molar-refractivity contribution >= 4 is 17.4 Å². The number of anilines is 1.